The standard InChI is InChI=1S/C22H19F3N4O4S2/c1-13(30)26-14-2-4-15(5-3-14)28-20(32)12-35-21-29-17(11-34-21)10-19(31)27-16-6-8-18(9-7-16)33-22(23,24)25/h2-9,11H,10,12H2,1H3,(H,26,30)(H,27,31)(H,28,32). The normalized spacial score (nSPS) is 11.0. The first-order valence-electron chi connectivity index (χ1n) is 9.96. The summed E-state index contributed by atoms with van der Waals surface area (Å²) in [5, 5.41) is 9.65. The van der Waals surface area contributed by atoms with Crippen LogP contribution in [0.1, 0.15) is 12.6 Å². The SMILES string of the molecule is CC(=O)Nc1ccc(NC(=O)CSc2nc(CC(=O)Nc3ccc(OC(F)(F)F)cc3)cs2)cc1. The van der Waals surface area contributed by atoms with Crippen molar-refractivity contribution in [1.29, 1.82) is 0 Å². The Bertz CT molecular complexity index is 1180. The molecule has 0 aliphatic heterocycles. The molecule has 3 aromatic rings. The van der Waals surface area contributed by atoms with Gasteiger partial charge in [-0.3, -0.25) is 14.4 Å². The predicted molar refractivity (Wildman–Crippen MR) is 128 cm³/mol. The average molecular weight is 525 g/mol. The molecule has 0 spiro atoms. The molecule has 0 bridgehead atoms. The van der Waals surface area contributed by atoms with Gasteiger partial charge in [0.25, 0.3) is 0 Å². The van der Waals surface area contributed by atoms with Gasteiger partial charge < -0.3 is 20.7 Å². The van der Waals surface area contributed by atoms with Crippen LogP contribution in [-0.4, -0.2) is 34.8 Å². The van der Waals surface area contributed by atoms with Gasteiger partial charge in [0.15, 0.2) is 4.34 Å². The van der Waals surface area contributed by atoms with E-state index < -0.39 is 12.3 Å². The van der Waals surface area contributed by atoms with Gasteiger partial charge in [-0.2, -0.15) is 0 Å². The number of ether oxygens (including phenoxy) is 1. The molecule has 0 saturated heterocycles. The number of hydrogen-bond donors (Lipinski definition) is 3. The third-order valence-corrected chi connectivity index (χ3v) is 6.13. The second-order valence-corrected chi connectivity index (χ2v) is 9.08. The highest BCUT2D eigenvalue weighted by molar-refractivity contribution is 8.01. The Kier molecular flexibility index (Phi) is 8.71. The Balaban J connectivity index is 1.43. The van der Waals surface area contributed by atoms with Gasteiger partial charge in [0.05, 0.1) is 17.9 Å². The topological polar surface area (TPSA) is 109 Å². The summed E-state index contributed by atoms with van der Waals surface area (Å²) < 4.78 is 41.0. The molecule has 1 heterocycles. The van der Waals surface area contributed by atoms with Gasteiger partial charge in [0.2, 0.25) is 17.7 Å². The lowest BCUT2D eigenvalue weighted by Gasteiger charge is -2.09. The number of halogens is 3. The summed E-state index contributed by atoms with van der Waals surface area (Å²) in [4.78, 5) is 39.7. The molecular weight excluding hydrogens is 505 g/mol. The minimum atomic E-state index is -4.79. The molecule has 2 aromatic carbocycles. The van der Waals surface area contributed by atoms with Crippen molar-refractivity contribution in [3.63, 3.8) is 0 Å². The Morgan fingerprint density at radius 1 is 0.914 bits per heavy atom. The maximum Gasteiger partial charge on any atom is 0.573 e. The largest absolute Gasteiger partial charge is 0.573 e. The zero-order chi connectivity index (χ0) is 25.4. The molecule has 35 heavy (non-hydrogen) atoms. The first-order chi connectivity index (χ1) is 16.6. The number of nitrogens with zero attached hydrogens (tertiary/aromatic N) is 1. The van der Waals surface area contributed by atoms with Crippen LogP contribution in [0.15, 0.2) is 58.3 Å². The molecular formula is C22H19F3N4O4S2. The fraction of sp³-hybridized carbons (Fsp3) is 0.182. The van der Waals surface area contributed by atoms with Gasteiger partial charge in [-0.25, -0.2) is 4.98 Å². The van der Waals surface area contributed by atoms with E-state index in [0.29, 0.717) is 27.1 Å². The molecule has 3 amide bonds. The molecule has 0 aliphatic rings. The number of thioether (sulfide) groups is 1. The molecule has 1 aromatic heterocycles. The van der Waals surface area contributed by atoms with Gasteiger partial charge in [0, 0.05) is 29.4 Å². The number of nitrogens with one attached hydrogen (secondary N) is 3. The van der Waals surface area contributed by atoms with Crippen molar-refractivity contribution in [2.75, 3.05) is 21.7 Å². The van der Waals surface area contributed by atoms with Crippen LogP contribution < -0.4 is 20.7 Å². The lowest BCUT2D eigenvalue weighted by molar-refractivity contribution is -0.274. The van der Waals surface area contributed by atoms with Crippen molar-refractivity contribution in [1.82, 2.24) is 4.98 Å². The van der Waals surface area contributed by atoms with Crippen molar-refractivity contribution < 1.29 is 32.3 Å². The quantitative estimate of drug-likeness (QED) is 0.343. The summed E-state index contributed by atoms with van der Waals surface area (Å²) in [6, 6.07) is 11.5. The van der Waals surface area contributed by atoms with Gasteiger partial charge in [0.1, 0.15) is 5.75 Å². The minimum Gasteiger partial charge on any atom is -0.406 e. The van der Waals surface area contributed by atoms with E-state index in [4.69, 9.17) is 0 Å². The van der Waals surface area contributed by atoms with Crippen molar-refractivity contribution in [3.05, 3.63) is 59.6 Å². The summed E-state index contributed by atoms with van der Waals surface area (Å²) in [6.07, 6.45) is -4.82. The van der Waals surface area contributed by atoms with E-state index >= 15 is 0 Å². The highest BCUT2D eigenvalue weighted by atomic mass is 32.2. The lowest BCUT2D eigenvalue weighted by Crippen LogP contribution is -2.17. The van der Waals surface area contributed by atoms with Crippen LogP contribution in [0.4, 0.5) is 30.2 Å². The van der Waals surface area contributed by atoms with Crippen LogP contribution in [0.3, 0.4) is 0 Å². The highest BCUT2D eigenvalue weighted by Gasteiger charge is 2.31. The Labute approximate surface area is 206 Å². The Hall–Kier alpha value is -3.58. The summed E-state index contributed by atoms with van der Waals surface area (Å²) in [7, 11) is 0. The van der Waals surface area contributed by atoms with Gasteiger partial charge >= 0.3 is 6.36 Å². The zero-order valence-corrected chi connectivity index (χ0v) is 19.8. The van der Waals surface area contributed by atoms with Gasteiger partial charge in [-0.1, -0.05) is 11.8 Å². The Morgan fingerprint density at radius 3 is 2.03 bits per heavy atom. The Morgan fingerprint density at radius 2 is 1.46 bits per heavy atom. The molecule has 0 saturated carbocycles. The van der Waals surface area contributed by atoms with Gasteiger partial charge in [-0.05, 0) is 48.5 Å². The van der Waals surface area contributed by atoms with E-state index in [-0.39, 0.29) is 29.7 Å². The predicted octanol–water partition coefficient (Wildman–Crippen LogP) is 4.91. The maximum atomic E-state index is 12.2. The molecule has 13 heteroatoms. The van der Waals surface area contributed by atoms with Crippen LogP contribution >= 0.6 is 23.1 Å². The van der Waals surface area contributed by atoms with E-state index in [1.807, 2.05) is 0 Å². The molecule has 0 fully saturated rings. The molecule has 3 rings (SSSR count). The second kappa shape index (κ2) is 11.7. The van der Waals surface area contributed by atoms with E-state index in [1.54, 1.807) is 29.6 Å². The fourth-order valence-corrected chi connectivity index (χ4v) is 4.35. The number of hydrogen-bond acceptors (Lipinski definition) is 7. The van der Waals surface area contributed by atoms with Crippen molar-refractivity contribution in [3.8, 4) is 5.75 Å². The average Bonchev–Trinajstić information content (AvgIpc) is 3.21. The summed E-state index contributed by atoms with van der Waals surface area (Å²) >= 11 is 2.51. The summed E-state index contributed by atoms with van der Waals surface area (Å²) in [5.74, 6) is -1.10. The first kappa shape index (κ1) is 26.0. The van der Waals surface area contributed by atoms with E-state index in [2.05, 4.69) is 25.7 Å². The third kappa shape index (κ3) is 9.29. The number of carbonyl (C=O) groups excluding carboxylic acids is 3. The summed E-state index contributed by atoms with van der Waals surface area (Å²) in [6.45, 7) is 1.40. The van der Waals surface area contributed by atoms with Crippen LogP contribution in [0.5, 0.6) is 5.75 Å². The first-order valence-corrected chi connectivity index (χ1v) is 11.8. The van der Waals surface area contributed by atoms with E-state index in [0.717, 1.165) is 12.1 Å². The number of aromatic nitrogens is 1. The number of carbonyl (C=O) groups is 3. The molecule has 0 aliphatic carbocycles. The maximum absolute atomic E-state index is 12.2. The number of anilines is 3. The molecule has 0 radical (unpaired) electrons. The molecule has 0 atom stereocenters. The van der Waals surface area contributed by atoms with Crippen LogP contribution in [0.2, 0.25) is 0 Å². The van der Waals surface area contributed by atoms with Crippen molar-refractivity contribution in [2.24, 2.45) is 0 Å². The molecule has 0 unspecified atom stereocenters. The van der Waals surface area contributed by atoms with Crippen LogP contribution in [-0.2, 0) is 20.8 Å². The third-order valence-electron chi connectivity index (χ3n) is 4.06. The molecule has 8 nitrogen and oxygen atoms in total. The number of benzene rings is 2. The smallest absolute Gasteiger partial charge is 0.406 e. The molecule has 3 N–H and O–H groups in total. The number of rotatable bonds is 9. The van der Waals surface area contributed by atoms with Crippen molar-refractivity contribution in [2.45, 2.75) is 24.0 Å². The number of thiazole rings is 1. The number of amides is 3. The second-order valence-electron chi connectivity index (χ2n) is 7.00. The van der Waals surface area contributed by atoms with E-state index in [1.165, 1.54) is 42.2 Å². The van der Waals surface area contributed by atoms with Crippen molar-refractivity contribution >= 4 is 57.9 Å². The zero-order valence-electron chi connectivity index (χ0n) is 18.1. The number of alkyl halides is 3. The van der Waals surface area contributed by atoms with Crippen LogP contribution in [0, 0.1) is 0 Å². The van der Waals surface area contributed by atoms with Gasteiger partial charge in [-0.15, -0.1) is 24.5 Å². The van der Waals surface area contributed by atoms with Crippen LogP contribution in [0.25, 0.3) is 0 Å². The highest BCUT2D eigenvalue weighted by Crippen LogP contribution is 2.25. The minimum absolute atomic E-state index is 0.0370. The molecule has 184 valence electrons. The van der Waals surface area contributed by atoms with E-state index in [9.17, 15) is 27.6 Å². The summed E-state index contributed by atoms with van der Waals surface area (Å²) in [5.41, 5.74) is 2.02. The fourth-order valence-electron chi connectivity index (χ4n) is 2.71. The monoisotopic (exact) mass is 524 g/mol. The lowest BCUT2D eigenvalue weighted by atomic mass is 10.2.